The van der Waals surface area contributed by atoms with Gasteiger partial charge in [-0.3, -0.25) is 0 Å². The van der Waals surface area contributed by atoms with E-state index in [-0.39, 0.29) is 32.0 Å². The molecule has 4 atom stereocenters. The second-order valence-corrected chi connectivity index (χ2v) is 12.7. The molecular weight excluding hydrogens is 628 g/mol. The summed E-state index contributed by atoms with van der Waals surface area (Å²) in [6, 6.07) is 31.9. The van der Waals surface area contributed by atoms with E-state index >= 15 is 0 Å². The Kier molecular flexibility index (Phi) is 13.0. The van der Waals surface area contributed by atoms with Crippen molar-refractivity contribution < 1.29 is 34.0 Å². The van der Waals surface area contributed by atoms with Crippen LogP contribution in [0.2, 0.25) is 0 Å². The number of urea groups is 1. The maximum atomic E-state index is 12.8. The van der Waals surface area contributed by atoms with Gasteiger partial charge < -0.3 is 35.1 Å². The highest BCUT2D eigenvalue weighted by Gasteiger charge is 2.32. The first-order valence-corrected chi connectivity index (χ1v) is 17.2. The summed E-state index contributed by atoms with van der Waals surface area (Å²) in [5, 5.41) is 24.4. The molecule has 0 aliphatic carbocycles. The number of amides is 2. The van der Waals surface area contributed by atoms with Gasteiger partial charge in [0.1, 0.15) is 6.04 Å². The summed E-state index contributed by atoms with van der Waals surface area (Å²) in [5.74, 6) is 0.868. The minimum absolute atomic E-state index is 0.0141. The topological polar surface area (TPSA) is 126 Å². The molecule has 0 radical (unpaired) electrons. The largest absolute Gasteiger partial charge is 0.467 e. The van der Waals surface area contributed by atoms with Crippen molar-refractivity contribution in [3.05, 3.63) is 131 Å². The molecule has 0 bridgehead atoms. The lowest BCUT2D eigenvalue weighted by molar-refractivity contribution is -0.245. The first-order valence-electron chi connectivity index (χ1n) is 16.0. The van der Waals surface area contributed by atoms with E-state index in [0.717, 1.165) is 44.7 Å². The molecule has 1 heterocycles. The van der Waals surface area contributed by atoms with Gasteiger partial charge in [0.25, 0.3) is 0 Å². The highest BCUT2D eigenvalue weighted by Crippen LogP contribution is 2.39. The van der Waals surface area contributed by atoms with E-state index in [1.54, 1.807) is 11.8 Å². The minimum atomic E-state index is -0.817. The van der Waals surface area contributed by atoms with Crippen LogP contribution in [0.1, 0.15) is 46.6 Å². The molecule has 0 aromatic heterocycles. The molecule has 2 amide bonds. The Hall–Kier alpha value is -4.19. The number of esters is 1. The van der Waals surface area contributed by atoms with Gasteiger partial charge in [-0.05, 0) is 45.5 Å². The zero-order valence-electron chi connectivity index (χ0n) is 26.9. The fourth-order valence-electron chi connectivity index (χ4n) is 5.60. The van der Waals surface area contributed by atoms with E-state index in [1.807, 2.05) is 97.1 Å². The number of benzene rings is 4. The van der Waals surface area contributed by atoms with Gasteiger partial charge in [0.15, 0.2) is 6.29 Å². The van der Waals surface area contributed by atoms with E-state index < -0.39 is 24.3 Å². The molecule has 4 N–H and O–H groups in total. The van der Waals surface area contributed by atoms with Crippen molar-refractivity contribution in [2.45, 2.75) is 50.5 Å². The highest BCUT2D eigenvalue weighted by atomic mass is 32.2. The number of ether oxygens (including phenoxy) is 3. The second kappa shape index (κ2) is 17.8. The summed E-state index contributed by atoms with van der Waals surface area (Å²) < 4.78 is 17.9. The first kappa shape index (κ1) is 35.1. The van der Waals surface area contributed by atoms with E-state index in [1.165, 1.54) is 7.11 Å². The molecule has 9 nitrogen and oxygen atoms in total. The van der Waals surface area contributed by atoms with Gasteiger partial charge in [0.05, 0.1) is 32.5 Å². The Labute approximate surface area is 285 Å². The number of methoxy groups -OCH3 is 1. The fourth-order valence-corrected chi connectivity index (χ4v) is 6.38. The van der Waals surface area contributed by atoms with Gasteiger partial charge in [-0.2, -0.15) is 11.8 Å². The lowest BCUT2D eigenvalue weighted by Gasteiger charge is -2.36. The number of aliphatic hydroxyl groups is 2. The highest BCUT2D eigenvalue weighted by molar-refractivity contribution is 7.99. The third-order valence-corrected chi connectivity index (χ3v) is 9.18. The van der Waals surface area contributed by atoms with Gasteiger partial charge in [-0.15, -0.1) is 0 Å². The van der Waals surface area contributed by atoms with E-state index in [2.05, 4.69) is 16.7 Å². The van der Waals surface area contributed by atoms with Crippen molar-refractivity contribution in [1.29, 1.82) is 0 Å². The maximum absolute atomic E-state index is 12.8. The first-order chi connectivity index (χ1) is 23.4. The Balaban J connectivity index is 1.26. The van der Waals surface area contributed by atoms with Gasteiger partial charge >= 0.3 is 12.0 Å². The van der Waals surface area contributed by atoms with E-state index in [9.17, 15) is 19.8 Å². The molecule has 10 heteroatoms. The summed E-state index contributed by atoms with van der Waals surface area (Å²) in [7, 11) is 1.30. The van der Waals surface area contributed by atoms with Crippen molar-refractivity contribution in [3.8, 4) is 11.1 Å². The molecule has 1 saturated heterocycles. The standard InChI is InChI=1S/C38H42N2O7S/c1-45-36(43)34(20-26-7-3-2-4-8-26)40-38(44)39-23-28-9-5-10-30(19-28)31-11-6-12-32(21-31)37-46-33(25-48-18-17-41)22-35(47-37)29-15-13-27(24-42)14-16-29/h2-16,19,21,33-35,37,41-42H,17-18,20,22-25H2,1H3,(H2,39,40,44)/t33-,34+,35+,37+/m1/s1. The Morgan fingerprint density at radius 3 is 2.31 bits per heavy atom. The third kappa shape index (κ3) is 9.91. The van der Waals surface area contributed by atoms with Gasteiger partial charge in [0, 0.05) is 36.5 Å². The van der Waals surface area contributed by atoms with Crippen LogP contribution in [0, 0.1) is 0 Å². The molecule has 252 valence electrons. The van der Waals surface area contributed by atoms with Crippen molar-refractivity contribution in [2.75, 3.05) is 25.2 Å². The van der Waals surface area contributed by atoms with Crippen molar-refractivity contribution in [2.24, 2.45) is 0 Å². The molecule has 48 heavy (non-hydrogen) atoms. The average molecular weight is 671 g/mol. The smallest absolute Gasteiger partial charge is 0.328 e. The quantitative estimate of drug-likeness (QED) is 0.0995. The zero-order valence-corrected chi connectivity index (χ0v) is 27.7. The molecule has 1 fully saturated rings. The zero-order chi connectivity index (χ0) is 33.7. The van der Waals surface area contributed by atoms with Crippen LogP contribution in [0.15, 0.2) is 103 Å². The molecule has 5 rings (SSSR count). The third-order valence-electron chi connectivity index (χ3n) is 8.10. The van der Waals surface area contributed by atoms with Gasteiger partial charge in [-0.25, -0.2) is 9.59 Å². The Bertz CT molecular complexity index is 1620. The molecule has 1 aliphatic heterocycles. The van der Waals surface area contributed by atoms with Gasteiger partial charge in [0.2, 0.25) is 0 Å². The molecule has 0 saturated carbocycles. The van der Waals surface area contributed by atoms with Gasteiger partial charge in [-0.1, -0.05) is 91.0 Å². The average Bonchev–Trinajstić information content (AvgIpc) is 3.14. The van der Waals surface area contributed by atoms with Crippen LogP contribution in [0.5, 0.6) is 0 Å². The number of carbonyl (C=O) groups is 2. The predicted octanol–water partition coefficient (Wildman–Crippen LogP) is 5.70. The molecule has 1 aliphatic rings. The molecule has 0 spiro atoms. The predicted molar refractivity (Wildman–Crippen MR) is 186 cm³/mol. The summed E-state index contributed by atoms with van der Waals surface area (Å²) in [6.45, 7) is 0.365. The second-order valence-electron chi connectivity index (χ2n) is 11.6. The number of hydrogen-bond acceptors (Lipinski definition) is 8. The van der Waals surface area contributed by atoms with Crippen LogP contribution in [-0.2, 0) is 38.6 Å². The van der Waals surface area contributed by atoms with Crippen LogP contribution in [-0.4, -0.2) is 59.6 Å². The van der Waals surface area contributed by atoms with Crippen LogP contribution in [0.3, 0.4) is 0 Å². The molecular formula is C38H42N2O7S. The van der Waals surface area contributed by atoms with E-state index in [0.29, 0.717) is 18.6 Å². The van der Waals surface area contributed by atoms with E-state index in [4.69, 9.17) is 14.2 Å². The summed E-state index contributed by atoms with van der Waals surface area (Å²) in [5.41, 5.74) is 6.50. The van der Waals surface area contributed by atoms with Crippen molar-refractivity contribution >= 4 is 23.8 Å². The summed E-state index contributed by atoms with van der Waals surface area (Å²) >= 11 is 1.65. The maximum Gasteiger partial charge on any atom is 0.328 e. The van der Waals surface area contributed by atoms with Crippen LogP contribution < -0.4 is 10.6 Å². The number of rotatable bonds is 14. The molecule has 0 unspecified atom stereocenters. The SMILES string of the molecule is COC(=O)[C@H](Cc1ccccc1)NC(=O)NCc1cccc(-c2cccc([C@H]3O[C@@H](CSCCO)C[C@@H](c4ccc(CO)cc4)O3)c2)c1. The van der Waals surface area contributed by atoms with Crippen LogP contribution in [0.25, 0.3) is 11.1 Å². The number of thioether (sulfide) groups is 1. The lowest BCUT2D eigenvalue weighted by Crippen LogP contribution is -2.47. The summed E-state index contributed by atoms with van der Waals surface area (Å²) in [6.07, 6.45) is 0.154. The monoisotopic (exact) mass is 670 g/mol. The lowest BCUT2D eigenvalue weighted by atomic mass is 9.99. The molecule has 4 aromatic rings. The number of nitrogens with one attached hydrogen (secondary N) is 2. The fraction of sp³-hybridized carbons (Fsp3) is 0.316. The number of hydrogen-bond donors (Lipinski definition) is 4. The minimum Gasteiger partial charge on any atom is -0.467 e. The van der Waals surface area contributed by atoms with Crippen molar-refractivity contribution in [3.63, 3.8) is 0 Å². The molecule has 4 aromatic carbocycles. The van der Waals surface area contributed by atoms with Crippen LogP contribution in [0.4, 0.5) is 4.79 Å². The summed E-state index contributed by atoms with van der Waals surface area (Å²) in [4.78, 5) is 25.2. The Morgan fingerprint density at radius 2 is 1.58 bits per heavy atom. The number of aliphatic hydroxyl groups excluding tert-OH is 2. The van der Waals surface area contributed by atoms with Crippen LogP contribution >= 0.6 is 11.8 Å². The van der Waals surface area contributed by atoms with Crippen molar-refractivity contribution in [1.82, 2.24) is 10.6 Å². The Morgan fingerprint density at radius 1 is 0.854 bits per heavy atom. The number of carbonyl (C=O) groups excluding carboxylic acids is 2. The normalized spacial score (nSPS) is 18.1.